The number of nitrogens with one attached hydrogen (secondary N) is 2. The first-order valence-electron chi connectivity index (χ1n) is 5.94. The molecule has 1 aromatic carbocycles. The highest BCUT2D eigenvalue weighted by Gasteiger charge is 2.17. The van der Waals surface area contributed by atoms with Crippen LogP contribution in [-0.2, 0) is 16.6 Å². The topological polar surface area (TPSA) is 121 Å². The van der Waals surface area contributed by atoms with Crippen molar-refractivity contribution in [3.63, 3.8) is 0 Å². The number of sulfonamides is 1. The van der Waals surface area contributed by atoms with E-state index in [9.17, 15) is 13.2 Å². The van der Waals surface area contributed by atoms with Gasteiger partial charge in [0.25, 0.3) is 5.91 Å². The van der Waals surface area contributed by atoms with Crippen LogP contribution in [0, 0.1) is 0 Å². The number of benzene rings is 1. The van der Waals surface area contributed by atoms with Gasteiger partial charge in [-0.25, -0.2) is 12.7 Å². The maximum atomic E-state index is 11.9. The van der Waals surface area contributed by atoms with E-state index < -0.39 is 10.0 Å². The fraction of sp³-hybridized carbons (Fsp3) is 0.273. The quantitative estimate of drug-likeness (QED) is 0.759. The lowest BCUT2D eigenvalue weighted by Gasteiger charge is -2.11. The summed E-state index contributed by atoms with van der Waals surface area (Å²) < 4.78 is 24.9. The van der Waals surface area contributed by atoms with Gasteiger partial charge in [-0.2, -0.15) is 5.21 Å². The molecule has 10 heteroatoms. The molecule has 0 fully saturated rings. The normalized spacial score (nSPS) is 11.6. The summed E-state index contributed by atoms with van der Waals surface area (Å²) in [6.07, 6.45) is 0. The molecule has 1 amide bonds. The molecule has 0 unspecified atom stereocenters. The summed E-state index contributed by atoms with van der Waals surface area (Å²) >= 11 is 0. The van der Waals surface area contributed by atoms with E-state index in [0.717, 1.165) is 4.31 Å². The van der Waals surface area contributed by atoms with Gasteiger partial charge in [-0.05, 0) is 24.3 Å². The van der Waals surface area contributed by atoms with E-state index in [2.05, 4.69) is 25.9 Å². The number of carbonyl (C=O) groups is 1. The minimum atomic E-state index is -3.50. The number of aromatic amines is 1. The average Bonchev–Trinajstić information content (AvgIpc) is 2.98. The van der Waals surface area contributed by atoms with E-state index >= 15 is 0 Å². The second-order valence-corrected chi connectivity index (χ2v) is 6.47. The third-order valence-corrected chi connectivity index (χ3v) is 4.52. The fourth-order valence-electron chi connectivity index (χ4n) is 1.51. The van der Waals surface area contributed by atoms with Crippen LogP contribution in [-0.4, -0.2) is 53.3 Å². The number of hydrogen-bond donors (Lipinski definition) is 2. The van der Waals surface area contributed by atoms with Crippen molar-refractivity contribution in [1.29, 1.82) is 0 Å². The zero-order valence-electron chi connectivity index (χ0n) is 11.4. The summed E-state index contributed by atoms with van der Waals surface area (Å²) in [6.45, 7) is 0.132. The Morgan fingerprint density at radius 1 is 1.29 bits per heavy atom. The number of rotatable bonds is 5. The third-order valence-electron chi connectivity index (χ3n) is 2.69. The van der Waals surface area contributed by atoms with Crippen LogP contribution in [0.15, 0.2) is 29.2 Å². The molecule has 0 bridgehead atoms. The summed E-state index contributed by atoms with van der Waals surface area (Å²) in [6, 6.07) is 5.67. The molecule has 0 radical (unpaired) electrons. The van der Waals surface area contributed by atoms with Crippen molar-refractivity contribution in [2.45, 2.75) is 11.4 Å². The molecule has 1 aromatic heterocycles. The van der Waals surface area contributed by atoms with Gasteiger partial charge < -0.3 is 5.32 Å². The van der Waals surface area contributed by atoms with Crippen molar-refractivity contribution < 1.29 is 13.2 Å². The Balaban J connectivity index is 2.07. The second kappa shape index (κ2) is 5.97. The molecule has 2 rings (SSSR count). The van der Waals surface area contributed by atoms with Crippen molar-refractivity contribution in [3.8, 4) is 0 Å². The number of hydrogen-bond acceptors (Lipinski definition) is 6. The van der Waals surface area contributed by atoms with Gasteiger partial charge >= 0.3 is 0 Å². The number of tetrazole rings is 1. The molecular formula is C11H14N6O3S. The van der Waals surface area contributed by atoms with Gasteiger partial charge in [-0.15, -0.1) is 10.2 Å². The summed E-state index contributed by atoms with van der Waals surface area (Å²) in [5.41, 5.74) is 0.344. The molecule has 0 aliphatic heterocycles. The lowest BCUT2D eigenvalue weighted by atomic mass is 10.2. The van der Waals surface area contributed by atoms with Crippen molar-refractivity contribution in [1.82, 2.24) is 30.2 Å². The lowest BCUT2D eigenvalue weighted by Crippen LogP contribution is -2.24. The first-order chi connectivity index (χ1) is 9.91. The molecule has 2 N–H and O–H groups in total. The SMILES string of the molecule is CN(C)S(=O)(=O)c1ccc(C(=O)NCc2nn[nH]n2)cc1. The van der Waals surface area contributed by atoms with Gasteiger partial charge in [0.05, 0.1) is 11.4 Å². The van der Waals surface area contributed by atoms with Gasteiger partial charge in [0.1, 0.15) is 0 Å². The Hall–Kier alpha value is -2.33. The van der Waals surface area contributed by atoms with Crippen molar-refractivity contribution in [2.75, 3.05) is 14.1 Å². The van der Waals surface area contributed by atoms with E-state index in [1.807, 2.05) is 0 Å². The fourth-order valence-corrected chi connectivity index (χ4v) is 2.41. The van der Waals surface area contributed by atoms with Crippen LogP contribution in [0.4, 0.5) is 0 Å². The van der Waals surface area contributed by atoms with Crippen LogP contribution in [0.2, 0.25) is 0 Å². The monoisotopic (exact) mass is 310 g/mol. The highest BCUT2D eigenvalue weighted by molar-refractivity contribution is 7.89. The maximum Gasteiger partial charge on any atom is 0.251 e. The Morgan fingerprint density at radius 3 is 2.48 bits per heavy atom. The number of amides is 1. The molecule has 112 valence electrons. The van der Waals surface area contributed by atoms with E-state index in [1.165, 1.54) is 38.4 Å². The molecular weight excluding hydrogens is 296 g/mol. The van der Waals surface area contributed by atoms with Gasteiger partial charge in [0.2, 0.25) is 10.0 Å². The molecule has 21 heavy (non-hydrogen) atoms. The summed E-state index contributed by atoms with van der Waals surface area (Å²) in [5, 5.41) is 15.6. The zero-order chi connectivity index (χ0) is 15.5. The first kappa shape index (κ1) is 15.1. The largest absolute Gasteiger partial charge is 0.345 e. The predicted molar refractivity (Wildman–Crippen MR) is 72.7 cm³/mol. The molecule has 0 saturated heterocycles. The summed E-state index contributed by atoms with van der Waals surface area (Å²) in [5.74, 6) is 0.00348. The van der Waals surface area contributed by atoms with Gasteiger partial charge in [-0.1, -0.05) is 5.21 Å². The van der Waals surface area contributed by atoms with Crippen LogP contribution in [0.3, 0.4) is 0 Å². The van der Waals surface area contributed by atoms with Crippen molar-refractivity contribution >= 4 is 15.9 Å². The molecule has 0 atom stereocenters. The molecule has 0 spiro atoms. The van der Waals surface area contributed by atoms with E-state index in [1.54, 1.807) is 0 Å². The number of H-pyrrole nitrogens is 1. The van der Waals surface area contributed by atoms with Crippen molar-refractivity contribution in [3.05, 3.63) is 35.7 Å². The minimum absolute atomic E-state index is 0.127. The summed E-state index contributed by atoms with van der Waals surface area (Å²) in [7, 11) is -0.607. The van der Waals surface area contributed by atoms with E-state index in [4.69, 9.17) is 0 Å². The van der Waals surface area contributed by atoms with Crippen LogP contribution < -0.4 is 5.32 Å². The Kier molecular flexibility index (Phi) is 4.29. The van der Waals surface area contributed by atoms with Gasteiger partial charge in [0.15, 0.2) is 5.82 Å². The van der Waals surface area contributed by atoms with Crippen LogP contribution in [0.5, 0.6) is 0 Å². The molecule has 9 nitrogen and oxygen atoms in total. The lowest BCUT2D eigenvalue weighted by molar-refractivity contribution is 0.0950. The second-order valence-electron chi connectivity index (χ2n) is 4.32. The molecule has 0 aliphatic carbocycles. The standard InChI is InChI=1S/C11H14N6O3S/c1-17(2)21(19,20)9-5-3-8(4-6-9)11(18)12-7-10-13-15-16-14-10/h3-6H,7H2,1-2H3,(H,12,18)(H,13,14,15,16). The van der Waals surface area contributed by atoms with Crippen LogP contribution in [0.1, 0.15) is 16.2 Å². The smallest absolute Gasteiger partial charge is 0.251 e. The van der Waals surface area contributed by atoms with Crippen LogP contribution in [0.25, 0.3) is 0 Å². The van der Waals surface area contributed by atoms with E-state index in [0.29, 0.717) is 11.4 Å². The Morgan fingerprint density at radius 2 is 1.95 bits per heavy atom. The number of carbonyl (C=O) groups excluding carboxylic acids is 1. The molecule has 1 heterocycles. The third kappa shape index (κ3) is 3.41. The first-order valence-corrected chi connectivity index (χ1v) is 7.38. The van der Waals surface area contributed by atoms with Crippen LogP contribution >= 0.6 is 0 Å². The van der Waals surface area contributed by atoms with Gasteiger partial charge in [-0.3, -0.25) is 4.79 Å². The Labute approximate surface area is 121 Å². The highest BCUT2D eigenvalue weighted by atomic mass is 32.2. The number of aromatic nitrogens is 4. The average molecular weight is 310 g/mol. The predicted octanol–water partition coefficient (Wildman–Crippen LogP) is -0.620. The minimum Gasteiger partial charge on any atom is -0.345 e. The van der Waals surface area contributed by atoms with Crippen molar-refractivity contribution in [2.24, 2.45) is 0 Å². The summed E-state index contributed by atoms with van der Waals surface area (Å²) in [4.78, 5) is 12.0. The molecule has 2 aromatic rings. The number of nitrogens with zero attached hydrogens (tertiary/aromatic N) is 4. The maximum absolute atomic E-state index is 11.9. The molecule has 0 aliphatic rings. The molecule has 0 saturated carbocycles. The van der Waals surface area contributed by atoms with Gasteiger partial charge in [0, 0.05) is 19.7 Å². The van der Waals surface area contributed by atoms with E-state index in [-0.39, 0.29) is 17.3 Å². The Bertz CT molecular complexity index is 709. The zero-order valence-corrected chi connectivity index (χ0v) is 12.3. The highest BCUT2D eigenvalue weighted by Crippen LogP contribution is 2.13.